The van der Waals surface area contributed by atoms with Gasteiger partial charge in [-0.15, -0.1) is 11.3 Å². The van der Waals surface area contributed by atoms with Crippen molar-refractivity contribution < 1.29 is 4.79 Å². The van der Waals surface area contributed by atoms with Crippen molar-refractivity contribution in [3.8, 4) is 0 Å². The number of nitrogens with zero attached hydrogens (tertiary/aromatic N) is 3. The summed E-state index contributed by atoms with van der Waals surface area (Å²) in [5, 5.41) is 12.2. The molecule has 0 spiro atoms. The SMILES string of the molecule is CCN1CCc2c(sc3c2C(=O)N[C@H](c2c(C)nn(C)c2C)N3)C1. The molecule has 0 saturated heterocycles. The van der Waals surface area contributed by atoms with E-state index in [0.29, 0.717) is 0 Å². The van der Waals surface area contributed by atoms with Crippen LogP contribution in [0.1, 0.15) is 50.8 Å². The minimum atomic E-state index is -0.207. The van der Waals surface area contributed by atoms with Gasteiger partial charge in [-0.1, -0.05) is 6.92 Å². The molecule has 2 aliphatic heterocycles. The maximum atomic E-state index is 12.8. The molecule has 0 aliphatic carbocycles. The van der Waals surface area contributed by atoms with E-state index in [1.165, 1.54) is 10.4 Å². The van der Waals surface area contributed by atoms with Crippen molar-refractivity contribution in [3.63, 3.8) is 0 Å². The van der Waals surface area contributed by atoms with Gasteiger partial charge in [-0.2, -0.15) is 5.10 Å². The molecule has 24 heavy (non-hydrogen) atoms. The van der Waals surface area contributed by atoms with Crippen molar-refractivity contribution in [3.05, 3.63) is 33.0 Å². The average molecular weight is 345 g/mol. The summed E-state index contributed by atoms with van der Waals surface area (Å²) in [5.41, 5.74) is 5.20. The molecule has 4 rings (SSSR count). The van der Waals surface area contributed by atoms with Crippen molar-refractivity contribution >= 4 is 22.2 Å². The molecular weight excluding hydrogens is 322 g/mol. The number of carbonyl (C=O) groups excluding carboxylic acids is 1. The number of nitrogens with one attached hydrogen (secondary N) is 2. The average Bonchev–Trinajstić information content (AvgIpc) is 3.03. The fraction of sp³-hybridized carbons (Fsp3) is 0.529. The topological polar surface area (TPSA) is 62.2 Å². The van der Waals surface area contributed by atoms with Gasteiger partial charge >= 0.3 is 0 Å². The van der Waals surface area contributed by atoms with Crippen LogP contribution < -0.4 is 10.6 Å². The Balaban J connectivity index is 1.71. The van der Waals surface area contributed by atoms with Gasteiger partial charge in [0.2, 0.25) is 0 Å². The van der Waals surface area contributed by atoms with Crippen LogP contribution in [-0.4, -0.2) is 33.7 Å². The number of likely N-dealkylation sites (N-methyl/N-ethyl adjacent to an activating group) is 1. The van der Waals surface area contributed by atoms with Crippen molar-refractivity contribution in [2.75, 3.05) is 18.4 Å². The third kappa shape index (κ3) is 2.26. The zero-order valence-electron chi connectivity index (χ0n) is 14.6. The summed E-state index contributed by atoms with van der Waals surface area (Å²) >= 11 is 1.74. The van der Waals surface area contributed by atoms with Gasteiger partial charge in [0.25, 0.3) is 5.91 Å². The maximum Gasteiger partial charge on any atom is 0.256 e. The fourth-order valence-electron chi connectivity index (χ4n) is 3.79. The number of hydrogen-bond acceptors (Lipinski definition) is 5. The predicted molar refractivity (Wildman–Crippen MR) is 95.5 cm³/mol. The van der Waals surface area contributed by atoms with Gasteiger partial charge in [0.15, 0.2) is 0 Å². The van der Waals surface area contributed by atoms with Gasteiger partial charge in [0.05, 0.1) is 11.3 Å². The highest BCUT2D eigenvalue weighted by Crippen LogP contribution is 2.41. The molecule has 0 saturated carbocycles. The molecule has 0 unspecified atom stereocenters. The third-order valence-electron chi connectivity index (χ3n) is 5.21. The number of aryl methyl sites for hydroxylation is 2. The summed E-state index contributed by atoms with van der Waals surface area (Å²) < 4.78 is 1.87. The zero-order chi connectivity index (χ0) is 17.0. The Kier molecular flexibility index (Phi) is 3.65. The fourth-order valence-corrected chi connectivity index (χ4v) is 5.11. The predicted octanol–water partition coefficient (Wildman–Crippen LogP) is 2.33. The highest BCUT2D eigenvalue weighted by atomic mass is 32.1. The van der Waals surface area contributed by atoms with Crippen LogP contribution in [0.5, 0.6) is 0 Å². The second kappa shape index (κ2) is 5.60. The van der Waals surface area contributed by atoms with Crippen LogP contribution >= 0.6 is 11.3 Å². The van der Waals surface area contributed by atoms with E-state index in [4.69, 9.17) is 0 Å². The van der Waals surface area contributed by atoms with Crippen LogP contribution in [-0.2, 0) is 20.0 Å². The summed E-state index contributed by atoms with van der Waals surface area (Å²) in [6.45, 7) is 9.26. The number of anilines is 1. The van der Waals surface area contributed by atoms with E-state index >= 15 is 0 Å². The van der Waals surface area contributed by atoms with Gasteiger partial charge in [-0.3, -0.25) is 14.4 Å². The van der Waals surface area contributed by atoms with Crippen LogP contribution in [0.2, 0.25) is 0 Å². The van der Waals surface area contributed by atoms with Crippen molar-refractivity contribution in [2.24, 2.45) is 7.05 Å². The smallest absolute Gasteiger partial charge is 0.256 e. The van der Waals surface area contributed by atoms with E-state index < -0.39 is 0 Å². The maximum absolute atomic E-state index is 12.8. The molecule has 0 fully saturated rings. The summed E-state index contributed by atoms with van der Waals surface area (Å²) in [6, 6.07) is 0. The van der Waals surface area contributed by atoms with Crippen molar-refractivity contribution in [1.29, 1.82) is 0 Å². The largest absolute Gasteiger partial charge is 0.352 e. The first-order valence-electron chi connectivity index (χ1n) is 8.44. The highest BCUT2D eigenvalue weighted by Gasteiger charge is 2.34. The zero-order valence-corrected chi connectivity index (χ0v) is 15.4. The lowest BCUT2D eigenvalue weighted by Crippen LogP contribution is -2.39. The minimum absolute atomic E-state index is 0.0406. The molecule has 4 heterocycles. The van der Waals surface area contributed by atoms with Gasteiger partial charge in [0, 0.05) is 36.3 Å². The van der Waals surface area contributed by atoms with Crippen LogP contribution in [0.3, 0.4) is 0 Å². The molecule has 0 radical (unpaired) electrons. The second-order valence-electron chi connectivity index (χ2n) is 6.59. The minimum Gasteiger partial charge on any atom is -0.352 e. The molecule has 2 aliphatic rings. The Bertz CT molecular complexity index is 822. The molecular formula is C17H23N5OS. The van der Waals surface area contributed by atoms with Gasteiger partial charge < -0.3 is 10.6 Å². The number of thiophene rings is 1. The summed E-state index contributed by atoms with van der Waals surface area (Å²) in [7, 11) is 1.94. The Morgan fingerprint density at radius 1 is 1.33 bits per heavy atom. The van der Waals surface area contributed by atoms with Crippen molar-refractivity contribution in [1.82, 2.24) is 20.0 Å². The first-order valence-corrected chi connectivity index (χ1v) is 9.25. The van der Waals surface area contributed by atoms with E-state index in [9.17, 15) is 4.79 Å². The lowest BCUT2D eigenvalue weighted by Gasteiger charge is -2.28. The highest BCUT2D eigenvalue weighted by molar-refractivity contribution is 7.16. The van der Waals surface area contributed by atoms with E-state index in [1.807, 2.05) is 25.6 Å². The Morgan fingerprint density at radius 2 is 2.12 bits per heavy atom. The molecule has 128 valence electrons. The number of aromatic nitrogens is 2. The lowest BCUT2D eigenvalue weighted by atomic mass is 10.00. The first-order chi connectivity index (χ1) is 11.5. The second-order valence-corrected chi connectivity index (χ2v) is 7.69. The van der Waals surface area contributed by atoms with Crippen molar-refractivity contribution in [2.45, 2.75) is 39.9 Å². The Labute approximate surface area is 145 Å². The number of hydrogen-bond donors (Lipinski definition) is 2. The Hall–Kier alpha value is -1.86. The molecule has 0 bridgehead atoms. The number of carbonyl (C=O) groups is 1. The molecule has 7 heteroatoms. The number of amides is 1. The Morgan fingerprint density at radius 3 is 2.79 bits per heavy atom. The van der Waals surface area contributed by atoms with E-state index in [-0.39, 0.29) is 12.1 Å². The number of fused-ring (bicyclic) bond motifs is 3. The molecule has 2 N–H and O–H groups in total. The summed E-state index contributed by atoms with van der Waals surface area (Å²) in [6.07, 6.45) is 0.751. The van der Waals surface area contributed by atoms with Crippen LogP contribution in [0.15, 0.2) is 0 Å². The molecule has 2 aromatic rings. The van der Waals surface area contributed by atoms with E-state index in [0.717, 1.165) is 53.6 Å². The van der Waals surface area contributed by atoms with Crippen LogP contribution in [0.4, 0.5) is 5.00 Å². The van der Waals surface area contributed by atoms with Gasteiger partial charge in [-0.05, 0) is 32.4 Å². The van der Waals surface area contributed by atoms with Crippen LogP contribution in [0.25, 0.3) is 0 Å². The van der Waals surface area contributed by atoms with Crippen LogP contribution in [0, 0.1) is 13.8 Å². The van der Waals surface area contributed by atoms with Gasteiger partial charge in [0.1, 0.15) is 11.2 Å². The lowest BCUT2D eigenvalue weighted by molar-refractivity contribution is 0.0934. The summed E-state index contributed by atoms with van der Waals surface area (Å²) in [5.74, 6) is 0.0406. The van der Waals surface area contributed by atoms with Gasteiger partial charge in [-0.25, -0.2) is 0 Å². The van der Waals surface area contributed by atoms with E-state index in [2.05, 4.69) is 27.6 Å². The standard InChI is InChI=1S/C17H23N5OS/c1-5-22-7-6-11-12(8-22)24-17-14(11)16(23)18-15(19-17)13-9(2)20-21(4)10(13)3/h15,19H,5-8H2,1-4H3,(H,18,23)/t15-/m0/s1. The molecule has 6 nitrogen and oxygen atoms in total. The normalized spacial score (nSPS) is 20.3. The molecule has 2 aromatic heterocycles. The molecule has 0 aromatic carbocycles. The number of rotatable bonds is 2. The first kappa shape index (κ1) is 15.7. The molecule has 1 atom stereocenters. The quantitative estimate of drug-likeness (QED) is 0.877. The molecule has 1 amide bonds. The van der Waals surface area contributed by atoms with E-state index in [1.54, 1.807) is 11.3 Å². The third-order valence-corrected chi connectivity index (χ3v) is 6.36. The monoisotopic (exact) mass is 345 g/mol. The summed E-state index contributed by atoms with van der Waals surface area (Å²) in [4.78, 5) is 16.6.